The Balaban J connectivity index is 2.12. The van der Waals surface area contributed by atoms with Crippen molar-refractivity contribution in [3.8, 4) is 0 Å². The molecule has 0 bridgehead atoms. The maximum absolute atomic E-state index is 6.44. The van der Waals surface area contributed by atoms with Crippen LogP contribution in [-0.4, -0.2) is 10.2 Å². The number of hydrogen-bond donors (Lipinski definition) is 1. The van der Waals surface area contributed by atoms with Crippen LogP contribution in [0.25, 0.3) is 10.1 Å². The van der Waals surface area contributed by atoms with E-state index in [1.165, 1.54) is 10.1 Å². The van der Waals surface area contributed by atoms with Crippen molar-refractivity contribution in [2.45, 2.75) is 5.38 Å². The lowest BCUT2D eigenvalue weighted by Crippen LogP contribution is -1.89. The topological polar surface area (TPSA) is 28.7 Å². The van der Waals surface area contributed by atoms with Crippen LogP contribution in [0.3, 0.4) is 0 Å². The summed E-state index contributed by atoms with van der Waals surface area (Å²) < 4.78 is 1.27. The number of alkyl halides is 1. The van der Waals surface area contributed by atoms with Crippen LogP contribution in [0.2, 0.25) is 0 Å². The van der Waals surface area contributed by atoms with E-state index >= 15 is 0 Å². The van der Waals surface area contributed by atoms with Crippen LogP contribution < -0.4 is 0 Å². The second-order valence-electron chi connectivity index (χ2n) is 3.58. The molecule has 16 heavy (non-hydrogen) atoms. The van der Waals surface area contributed by atoms with Gasteiger partial charge < -0.3 is 0 Å². The number of thiophene rings is 1. The fourth-order valence-electron chi connectivity index (χ4n) is 1.77. The summed E-state index contributed by atoms with van der Waals surface area (Å²) in [6.07, 6.45) is 3.61. The first kappa shape index (κ1) is 9.87. The smallest absolute Gasteiger partial charge is 0.0879 e. The lowest BCUT2D eigenvalue weighted by atomic mass is 10.1. The van der Waals surface area contributed by atoms with Gasteiger partial charge in [-0.25, -0.2) is 0 Å². The lowest BCUT2D eigenvalue weighted by Gasteiger charge is -2.05. The van der Waals surface area contributed by atoms with Gasteiger partial charge in [0.2, 0.25) is 0 Å². The van der Waals surface area contributed by atoms with E-state index in [0.29, 0.717) is 0 Å². The van der Waals surface area contributed by atoms with E-state index in [1.807, 2.05) is 18.3 Å². The predicted molar refractivity (Wildman–Crippen MR) is 68.1 cm³/mol. The molecule has 0 aliphatic rings. The maximum Gasteiger partial charge on any atom is 0.0879 e. The van der Waals surface area contributed by atoms with E-state index in [2.05, 4.69) is 27.7 Å². The molecule has 0 saturated carbocycles. The highest BCUT2D eigenvalue weighted by Crippen LogP contribution is 2.36. The molecule has 0 fully saturated rings. The highest BCUT2D eigenvalue weighted by Gasteiger charge is 2.15. The third-order valence-corrected chi connectivity index (χ3v) is 4.06. The fraction of sp³-hybridized carbons (Fsp3) is 0.0833. The molecule has 2 aromatic heterocycles. The molecule has 0 spiro atoms. The molecule has 3 aromatic rings. The molecule has 1 N–H and O–H groups in total. The largest absolute Gasteiger partial charge is 0.285 e. The van der Waals surface area contributed by atoms with Crippen molar-refractivity contribution < 1.29 is 0 Å². The Bertz CT molecular complexity index is 600. The number of benzene rings is 1. The van der Waals surface area contributed by atoms with Gasteiger partial charge in [0.05, 0.1) is 11.6 Å². The molecular formula is C12H9ClN2S. The minimum absolute atomic E-state index is 0.130. The van der Waals surface area contributed by atoms with Crippen molar-refractivity contribution >= 4 is 33.0 Å². The Morgan fingerprint density at radius 2 is 2.19 bits per heavy atom. The number of nitrogens with zero attached hydrogens (tertiary/aromatic N) is 1. The minimum atomic E-state index is -0.130. The summed E-state index contributed by atoms with van der Waals surface area (Å²) in [5.41, 5.74) is 2.16. The number of halogens is 1. The fourth-order valence-corrected chi connectivity index (χ4v) is 3.14. The molecule has 3 rings (SSSR count). The first-order chi connectivity index (χ1) is 7.86. The van der Waals surface area contributed by atoms with Crippen molar-refractivity contribution in [2.75, 3.05) is 0 Å². The number of rotatable bonds is 2. The van der Waals surface area contributed by atoms with E-state index in [-0.39, 0.29) is 5.38 Å². The molecule has 2 heterocycles. The highest BCUT2D eigenvalue weighted by molar-refractivity contribution is 7.17. The third-order valence-electron chi connectivity index (χ3n) is 2.60. The van der Waals surface area contributed by atoms with Crippen LogP contribution in [0.5, 0.6) is 0 Å². The Hall–Kier alpha value is -1.32. The van der Waals surface area contributed by atoms with Crippen molar-refractivity contribution in [1.29, 1.82) is 0 Å². The number of fused-ring (bicyclic) bond motifs is 1. The molecule has 1 atom stereocenters. The van der Waals surface area contributed by atoms with Gasteiger partial charge in [0.25, 0.3) is 0 Å². The van der Waals surface area contributed by atoms with Crippen molar-refractivity contribution in [3.05, 3.63) is 53.2 Å². The minimum Gasteiger partial charge on any atom is -0.285 e. The molecule has 2 nitrogen and oxygen atoms in total. The summed E-state index contributed by atoms with van der Waals surface area (Å²) >= 11 is 8.16. The van der Waals surface area contributed by atoms with Gasteiger partial charge in [-0.05, 0) is 22.4 Å². The molecule has 1 unspecified atom stereocenters. The van der Waals surface area contributed by atoms with Crippen LogP contribution in [0.15, 0.2) is 42.0 Å². The van der Waals surface area contributed by atoms with E-state index < -0.39 is 0 Å². The number of aromatic amines is 1. The first-order valence-corrected chi connectivity index (χ1v) is 6.27. The van der Waals surface area contributed by atoms with Crippen molar-refractivity contribution in [3.63, 3.8) is 0 Å². The number of aromatic nitrogens is 2. The molecule has 0 radical (unpaired) electrons. The Labute approximate surface area is 102 Å². The van der Waals surface area contributed by atoms with Gasteiger partial charge in [-0.15, -0.1) is 22.9 Å². The third kappa shape index (κ3) is 1.52. The van der Waals surface area contributed by atoms with Crippen molar-refractivity contribution in [1.82, 2.24) is 10.2 Å². The first-order valence-electron chi connectivity index (χ1n) is 4.95. The van der Waals surface area contributed by atoms with Crippen LogP contribution in [0.1, 0.15) is 16.5 Å². The summed E-state index contributed by atoms with van der Waals surface area (Å²) in [7, 11) is 0. The van der Waals surface area contributed by atoms with E-state index in [9.17, 15) is 0 Å². The summed E-state index contributed by atoms with van der Waals surface area (Å²) in [6.45, 7) is 0. The predicted octanol–water partition coefficient (Wildman–Crippen LogP) is 3.95. The van der Waals surface area contributed by atoms with Crippen LogP contribution >= 0.6 is 22.9 Å². The second kappa shape index (κ2) is 3.92. The molecule has 0 aliphatic heterocycles. The van der Waals surface area contributed by atoms with Gasteiger partial charge in [-0.2, -0.15) is 5.10 Å². The zero-order valence-corrected chi connectivity index (χ0v) is 9.92. The molecule has 0 aliphatic carbocycles. The van der Waals surface area contributed by atoms with Gasteiger partial charge >= 0.3 is 0 Å². The Morgan fingerprint density at radius 3 is 3.00 bits per heavy atom. The van der Waals surface area contributed by atoms with Gasteiger partial charge in [0, 0.05) is 16.5 Å². The van der Waals surface area contributed by atoms with Gasteiger partial charge in [0.15, 0.2) is 0 Å². The lowest BCUT2D eigenvalue weighted by molar-refractivity contribution is 1.09. The van der Waals surface area contributed by atoms with Crippen LogP contribution in [-0.2, 0) is 0 Å². The molecule has 0 saturated heterocycles. The molecular weight excluding hydrogens is 240 g/mol. The number of hydrogen-bond acceptors (Lipinski definition) is 2. The monoisotopic (exact) mass is 248 g/mol. The van der Waals surface area contributed by atoms with Crippen LogP contribution in [0.4, 0.5) is 0 Å². The number of H-pyrrole nitrogens is 1. The summed E-state index contributed by atoms with van der Waals surface area (Å²) in [6, 6.07) is 8.31. The normalized spacial score (nSPS) is 13.1. The van der Waals surface area contributed by atoms with E-state index in [1.54, 1.807) is 17.5 Å². The maximum atomic E-state index is 6.44. The molecule has 1 aromatic carbocycles. The quantitative estimate of drug-likeness (QED) is 0.684. The SMILES string of the molecule is ClC(c1cn[nH]c1)c1csc2ccccc12. The average Bonchev–Trinajstić information content (AvgIpc) is 2.98. The molecule has 4 heteroatoms. The summed E-state index contributed by atoms with van der Waals surface area (Å²) in [5.74, 6) is 0. The zero-order chi connectivity index (χ0) is 11.0. The summed E-state index contributed by atoms with van der Waals surface area (Å²) in [5, 5.41) is 9.94. The second-order valence-corrected chi connectivity index (χ2v) is 4.93. The Morgan fingerprint density at radius 1 is 1.31 bits per heavy atom. The standard InChI is InChI=1S/C12H9ClN2S/c13-12(8-5-14-15-6-8)10-7-16-11-4-2-1-3-9(10)11/h1-7,12H,(H,14,15). The zero-order valence-electron chi connectivity index (χ0n) is 8.35. The van der Waals surface area contributed by atoms with E-state index in [4.69, 9.17) is 11.6 Å². The average molecular weight is 249 g/mol. The highest BCUT2D eigenvalue weighted by atomic mass is 35.5. The van der Waals surface area contributed by atoms with E-state index in [0.717, 1.165) is 11.1 Å². The summed E-state index contributed by atoms with van der Waals surface area (Å²) in [4.78, 5) is 0. The number of nitrogens with one attached hydrogen (secondary N) is 1. The van der Waals surface area contributed by atoms with Gasteiger partial charge in [0.1, 0.15) is 0 Å². The van der Waals surface area contributed by atoms with Gasteiger partial charge in [-0.1, -0.05) is 18.2 Å². The van der Waals surface area contributed by atoms with Gasteiger partial charge in [-0.3, -0.25) is 5.10 Å². The Kier molecular flexibility index (Phi) is 2.42. The molecule has 0 amide bonds. The molecule has 80 valence electrons. The van der Waals surface area contributed by atoms with Crippen LogP contribution in [0, 0.1) is 0 Å². The van der Waals surface area contributed by atoms with Crippen molar-refractivity contribution in [2.24, 2.45) is 0 Å².